The molecule has 4 nitrogen and oxygen atoms in total. The molecule has 126 valence electrons. The molecule has 0 fully saturated rings. The van der Waals surface area contributed by atoms with Crippen LogP contribution in [0.3, 0.4) is 0 Å². The van der Waals surface area contributed by atoms with Gasteiger partial charge in [0.15, 0.2) is 0 Å². The molecule has 0 spiro atoms. The van der Waals surface area contributed by atoms with Crippen molar-refractivity contribution in [3.63, 3.8) is 0 Å². The minimum absolute atomic E-state index is 0.386. The molecule has 1 N–H and O–H groups in total. The number of fused-ring (bicyclic) bond motifs is 1. The van der Waals surface area contributed by atoms with Gasteiger partial charge in [-0.2, -0.15) is 0 Å². The van der Waals surface area contributed by atoms with E-state index in [2.05, 4.69) is 11.4 Å². The largest absolute Gasteiger partial charge is 0.312 e. The summed E-state index contributed by atoms with van der Waals surface area (Å²) in [5.41, 5.74) is 3.03. The van der Waals surface area contributed by atoms with Crippen LogP contribution in [0.5, 0.6) is 0 Å². The summed E-state index contributed by atoms with van der Waals surface area (Å²) in [6.07, 6.45) is 2.64. The number of rotatable bonds is 2. The maximum absolute atomic E-state index is 13.4. The van der Waals surface area contributed by atoms with E-state index in [0.29, 0.717) is 4.90 Å². The lowest BCUT2D eigenvalue weighted by Crippen LogP contribution is -2.15. The van der Waals surface area contributed by atoms with E-state index in [-0.39, 0.29) is 0 Å². The van der Waals surface area contributed by atoms with Crippen molar-refractivity contribution in [2.45, 2.75) is 17.9 Å². The number of nitrogens with zero attached hydrogens (tertiary/aromatic N) is 1. The summed E-state index contributed by atoms with van der Waals surface area (Å²) in [4.78, 5) is 0.386. The Kier molecular flexibility index (Phi) is 3.28. The van der Waals surface area contributed by atoms with E-state index in [1.165, 1.54) is 15.3 Å². The van der Waals surface area contributed by atoms with Crippen LogP contribution in [-0.2, 0) is 23.0 Å². The van der Waals surface area contributed by atoms with Gasteiger partial charge in [0.1, 0.15) is 4.90 Å². The molecule has 0 radical (unpaired) electrons. The first-order valence-corrected chi connectivity index (χ1v) is 10.5. The van der Waals surface area contributed by atoms with Crippen LogP contribution in [0.25, 0.3) is 21.0 Å². The minimum atomic E-state index is -3.63. The Bertz CT molecular complexity index is 1220. The fourth-order valence-electron chi connectivity index (χ4n) is 3.66. The van der Waals surface area contributed by atoms with Crippen LogP contribution in [0.2, 0.25) is 0 Å². The lowest BCUT2D eigenvalue weighted by Gasteiger charge is -2.08. The second-order valence-corrected chi connectivity index (χ2v) is 8.98. The van der Waals surface area contributed by atoms with Crippen molar-refractivity contribution in [2.75, 3.05) is 6.54 Å². The van der Waals surface area contributed by atoms with Crippen LogP contribution in [0.4, 0.5) is 0 Å². The minimum Gasteiger partial charge on any atom is -0.312 e. The van der Waals surface area contributed by atoms with Gasteiger partial charge in [-0.15, -0.1) is 11.3 Å². The second-order valence-electron chi connectivity index (χ2n) is 6.29. The molecule has 0 saturated heterocycles. The Morgan fingerprint density at radius 1 is 1.04 bits per heavy atom. The molecule has 6 heteroatoms. The van der Waals surface area contributed by atoms with Gasteiger partial charge in [-0.3, -0.25) is 0 Å². The normalized spacial score (nSPS) is 14.9. The third-order valence-electron chi connectivity index (χ3n) is 4.83. The van der Waals surface area contributed by atoms with E-state index in [1.54, 1.807) is 5.38 Å². The van der Waals surface area contributed by atoms with Crippen molar-refractivity contribution < 1.29 is 8.42 Å². The highest BCUT2D eigenvalue weighted by molar-refractivity contribution is 7.90. The van der Waals surface area contributed by atoms with E-state index in [9.17, 15) is 8.42 Å². The first-order valence-electron chi connectivity index (χ1n) is 8.20. The second kappa shape index (κ2) is 5.42. The molecule has 1 aliphatic rings. The van der Waals surface area contributed by atoms with Gasteiger partial charge in [-0.1, -0.05) is 30.3 Å². The van der Waals surface area contributed by atoms with Gasteiger partial charge >= 0.3 is 0 Å². The van der Waals surface area contributed by atoms with E-state index in [4.69, 9.17) is 0 Å². The molecule has 0 amide bonds. The molecule has 2 aromatic heterocycles. The summed E-state index contributed by atoms with van der Waals surface area (Å²) >= 11 is 1.47. The first kappa shape index (κ1) is 15.1. The Morgan fingerprint density at radius 2 is 1.92 bits per heavy atom. The van der Waals surface area contributed by atoms with Crippen LogP contribution in [0.15, 0.2) is 58.9 Å². The predicted octanol–water partition coefficient (Wildman–Crippen LogP) is 3.74. The molecule has 0 bridgehead atoms. The Hall–Kier alpha value is -2.15. The van der Waals surface area contributed by atoms with Crippen molar-refractivity contribution in [2.24, 2.45) is 0 Å². The molecular weight excluding hydrogens is 352 g/mol. The molecule has 1 aliphatic heterocycles. The van der Waals surface area contributed by atoms with Crippen molar-refractivity contribution in [1.82, 2.24) is 9.29 Å². The fraction of sp³-hybridized carbons (Fsp3) is 0.158. The molecular formula is C19H16N2O2S2. The van der Waals surface area contributed by atoms with Crippen molar-refractivity contribution in [3.8, 4) is 0 Å². The SMILES string of the molecule is O=S(=O)(c1csc2ccccc12)n1cc2c3c(cccc31)CNCC2. The number of hydrogen-bond donors (Lipinski definition) is 1. The quantitative estimate of drug-likeness (QED) is 0.586. The van der Waals surface area contributed by atoms with Crippen molar-refractivity contribution in [1.29, 1.82) is 0 Å². The van der Waals surface area contributed by atoms with Gasteiger partial charge < -0.3 is 5.32 Å². The lowest BCUT2D eigenvalue weighted by atomic mass is 10.1. The Labute approximate surface area is 149 Å². The smallest absolute Gasteiger partial charge is 0.269 e. The zero-order valence-electron chi connectivity index (χ0n) is 13.4. The zero-order chi connectivity index (χ0) is 17.0. The monoisotopic (exact) mass is 368 g/mol. The average molecular weight is 368 g/mol. The Balaban J connectivity index is 1.81. The van der Waals surface area contributed by atoms with Crippen LogP contribution < -0.4 is 5.32 Å². The number of hydrogen-bond acceptors (Lipinski definition) is 4. The highest BCUT2D eigenvalue weighted by atomic mass is 32.2. The topological polar surface area (TPSA) is 51.1 Å². The van der Waals surface area contributed by atoms with Crippen LogP contribution in [0, 0.1) is 0 Å². The lowest BCUT2D eigenvalue weighted by molar-refractivity contribution is 0.590. The van der Waals surface area contributed by atoms with Crippen LogP contribution >= 0.6 is 11.3 Å². The van der Waals surface area contributed by atoms with Gasteiger partial charge in [-0.25, -0.2) is 12.4 Å². The molecule has 0 atom stereocenters. The molecule has 0 aliphatic carbocycles. The van der Waals surface area contributed by atoms with Crippen molar-refractivity contribution in [3.05, 3.63) is 65.2 Å². The molecule has 25 heavy (non-hydrogen) atoms. The van der Waals surface area contributed by atoms with E-state index >= 15 is 0 Å². The zero-order valence-corrected chi connectivity index (χ0v) is 15.0. The summed E-state index contributed by atoms with van der Waals surface area (Å²) in [6, 6.07) is 13.6. The first-order chi connectivity index (χ1) is 12.2. The number of thiophene rings is 1. The highest BCUT2D eigenvalue weighted by Crippen LogP contribution is 2.34. The standard InChI is InChI=1S/C19H16N2O2S2/c22-25(23,18-12-24-17-7-2-1-5-15(17)18)21-11-14-8-9-20-10-13-4-3-6-16(21)19(13)14/h1-7,11-12,20H,8-10H2. The van der Waals surface area contributed by atoms with Gasteiger partial charge in [0.2, 0.25) is 0 Å². The molecule has 2 aromatic carbocycles. The molecule has 5 rings (SSSR count). The summed E-state index contributed by atoms with van der Waals surface area (Å²) in [5.74, 6) is 0. The average Bonchev–Trinajstić information content (AvgIpc) is 3.15. The summed E-state index contributed by atoms with van der Waals surface area (Å²) in [6.45, 7) is 1.63. The van der Waals surface area contributed by atoms with Gasteiger partial charge in [0.25, 0.3) is 10.0 Å². The van der Waals surface area contributed by atoms with E-state index < -0.39 is 10.0 Å². The fourth-order valence-corrected chi connectivity index (χ4v) is 6.52. The van der Waals surface area contributed by atoms with E-state index in [0.717, 1.165) is 51.6 Å². The summed E-state index contributed by atoms with van der Waals surface area (Å²) < 4.78 is 29.3. The maximum Gasteiger partial charge on any atom is 0.269 e. The predicted molar refractivity (Wildman–Crippen MR) is 102 cm³/mol. The summed E-state index contributed by atoms with van der Waals surface area (Å²) in [5, 5.41) is 7.02. The number of aromatic nitrogens is 1. The van der Waals surface area contributed by atoms with Crippen molar-refractivity contribution >= 4 is 42.3 Å². The molecule has 0 unspecified atom stereocenters. The Morgan fingerprint density at radius 3 is 2.84 bits per heavy atom. The van der Waals surface area contributed by atoms with Gasteiger partial charge in [0.05, 0.1) is 5.52 Å². The highest BCUT2D eigenvalue weighted by Gasteiger charge is 2.25. The summed E-state index contributed by atoms with van der Waals surface area (Å²) in [7, 11) is -3.63. The van der Waals surface area contributed by atoms with E-state index in [1.807, 2.05) is 42.6 Å². The maximum atomic E-state index is 13.4. The third kappa shape index (κ3) is 2.18. The molecule has 4 aromatic rings. The number of benzene rings is 2. The molecule has 3 heterocycles. The van der Waals surface area contributed by atoms with Crippen LogP contribution in [0.1, 0.15) is 11.1 Å². The molecule has 0 saturated carbocycles. The van der Waals surface area contributed by atoms with Gasteiger partial charge in [0, 0.05) is 33.6 Å². The van der Waals surface area contributed by atoms with Gasteiger partial charge in [-0.05, 0) is 36.2 Å². The third-order valence-corrected chi connectivity index (χ3v) is 7.66. The van der Waals surface area contributed by atoms with Crippen LogP contribution in [-0.4, -0.2) is 18.9 Å². The number of nitrogens with one attached hydrogen (secondary N) is 1.